The van der Waals surface area contributed by atoms with E-state index in [9.17, 15) is 4.79 Å². The highest BCUT2D eigenvalue weighted by Crippen LogP contribution is 1.96. The van der Waals surface area contributed by atoms with E-state index < -0.39 is 0 Å². The summed E-state index contributed by atoms with van der Waals surface area (Å²) in [6, 6.07) is 0. The molecule has 0 aromatic carbocycles. The molecule has 0 amide bonds. The second kappa shape index (κ2) is 4.37. The van der Waals surface area contributed by atoms with Crippen molar-refractivity contribution in [1.29, 1.82) is 0 Å². The van der Waals surface area contributed by atoms with Crippen molar-refractivity contribution in [2.24, 2.45) is 7.05 Å². The van der Waals surface area contributed by atoms with Gasteiger partial charge in [0.25, 0.3) is 0 Å². The van der Waals surface area contributed by atoms with Gasteiger partial charge in [0.05, 0.1) is 6.54 Å². The minimum absolute atomic E-state index is 0.0227. The van der Waals surface area contributed by atoms with Gasteiger partial charge in [0.1, 0.15) is 12.2 Å². The summed E-state index contributed by atoms with van der Waals surface area (Å²) in [4.78, 5) is 13.6. The molecule has 2 aromatic heterocycles. The van der Waals surface area contributed by atoms with E-state index in [0.717, 1.165) is 11.5 Å². The zero-order valence-corrected chi connectivity index (χ0v) is 9.04. The number of aromatic nitrogens is 4. The molecule has 0 fully saturated rings. The van der Waals surface area contributed by atoms with Crippen molar-refractivity contribution in [2.45, 2.75) is 13.1 Å². The maximum absolute atomic E-state index is 10.8. The second-order valence-corrected chi connectivity index (χ2v) is 3.98. The molecule has 0 unspecified atom stereocenters. The van der Waals surface area contributed by atoms with Gasteiger partial charge in [-0.2, -0.15) is 0 Å². The molecule has 2 aromatic rings. The number of aromatic amines is 1. The van der Waals surface area contributed by atoms with Crippen LogP contribution in [0.4, 0.5) is 0 Å². The molecular weight excluding hydrogens is 214 g/mol. The zero-order chi connectivity index (χ0) is 10.7. The lowest BCUT2D eigenvalue weighted by Gasteiger charge is -2.01. The Balaban J connectivity index is 1.85. The molecule has 15 heavy (non-hydrogen) atoms. The van der Waals surface area contributed by atoms with E-state index in [2.05, 4.69) is 20.5 Å². The SMILES string of the molecule is Cn1cnnc1CNCc1csc(=O)[nH]1. The van der Waals surface area contributed by atoms with Crippen LogP contribution >= 0.6 is 11.3 Å². The van der Waals surface area contributed by atoms with Crippen LogP contribution in [0.15, 0.2) is 16.5 Å². The molecule has 80 valence electrons. The first-order chi connectivity index (χ1) is 7.25. The quantitative estimate of drug-likeness (QED) is 0.759. The first-order valence-corrected chi connectivity index (χ1v) is 5.34. The van der Waals surface area contributed by atoms with Gasteiger partial charge in [-0.1, -0.05) is 11.3 Å². The monoisotopic (exact) mass is 225 g/mol. The summed E-state index contributed by atoms with van der Waals surface area (Å²) >= 11 is 1.17. The molecule has 0 aliphatic rings. The van der Waals surface area contributed by atoms with Crippen LogP contribution in [-0.4, -0.2) is 19.7 Å². The van der Waals surface area contributed by atoms with Crippen molar-refractivity contribution < 1.29 is 0 Å². The molecule has 2 heterocycles. The Kier molecular flexibility index (Phi) is 2.93. The maximum Gasteiger partial charge on any atom is 0.304 e. The van der Waals surface area contributed by atoms with Crippen LogP contribution in [0.25, 0.3) is 0 Å². The summed E-state index contributed by atoms with van der Waals surface area (Å²) in [5.41, 5.74) is 0.896. The minimum Gasteiger partial charge on any atom is -0.320 e. The Morgan fingerprint density at radius 1 is 1.60 bits per heavy atom. The van der Waals surface area contributed by atoms with Crippen LogP contribution in [0.2, 0.25) is 0 Å². The fourth-order valence-electron chi connectivity index (χ4n) is 1.18. The lowest BCUT2D eigenvalue weighted by atomic mass is 10.4. The number of hydrogen-bond acceptors (Lipinski definition) is 5. The zero-order valence-electron chi connectivity index (χ0n) is 8.23. The van der Waals surface area contributed by atoms with Crippen molar-refractivity contribution in [2.75, 3.05) is 0 Å². The van der Waals surface area contributed by atoms with Gasteiger partial charge in [-0.3, -0.25) is 4.79 Å². The normalized spacial score (nSPS) is 10.7. The van der Waals surface area contributed by atoms with E-state index in [0.29, 0.717) is 13.1 Å². The molecule has 0 saturated carbocycles. The van der Waals surface area contributed by atoms with Crippen molar-refractivity contribution in [1.82, 2.24) is 25.1 Å². The standard InChI is InChI=1S/C8H11N5OS/c1-13-5-10-12-7(13)3-9-2-6-4-15-8(14)11-6/h4-5,9H,2-3H2,1H3,(H,11,14). The Labute approximate surface area is 90.0 Å². The van der Waals surface area contributed by atoms with Crippen molar-refractivity contribution in [3.8, 4) is 0 Å². The van der Waals surface area contributed by atoms with Crippen LogP contribution in [-0.2, 0) is 20.1 Å². The van der Waals surface area contributed by atoms with Gasteiger partial charge in [-0.25, -0.2) is 0 Å². The Morgan fingerprint density at radius 2 is 2.47 bits per heavy atom. The summed E-state index contributed by atoms with van der Waals surface area (Å²) in [6.45, 7) is 1.26. The number of hydrogen-bond donors (Lipinski definition) is 2. The van der Waals surface area contributed by atoms with Crippen LogP contribution < -0.4 is 10.2 Å². The Bertz CT molecular complexity index is 485. The summed E-state index contributed by atoms with van der Waals surface area (Å²) in [7, 11) is 1.89. The highest BCUT2D eigenvalue weighted by molar-refractivity contribution is 7.07. The molecule has 0 saturated heterocycles. The first kappa shape index (κ1) is 10.1. The lowest BCUT2D eigenvalue weighted by molar-refractivity contribution is 0.630. The molecule has 6 nitrogen and oxygen atoms in total. The van der Waals surface area contributed by atoms with E-state index in [-0.39, 0.29) is 4.87 Å². The third-order valence-corrected chi connectivity index (χ3v) is 2.69. The molecule has 0 radical (unpaired) electrons. The molecule has 0 aliphatic heterocycles. The predicted octanol–water partition coefficient (Wildman–Crippen LogP) is -0.145. The molecule has 0 bridgehead atoms. The van der Waals surface area contributed by atoms with Crippen molar-refractivity contribution in [3.63, 3.8) is 0 Å². The van der Waals surface area contributed by atoms with Gasteiger partial charge >= 0.3 is 4.87 Å². The number of thiazole rings is 1. The van der Waals surface area contributed by atoms with E-state index in [1.165, 1.54) is 11.3 Å². The smallest absolute Gasteiger partial charge is 0.304 e. The molecule has 0 spiro atoms. The lowest BCUT2D eigenvalue weighted by Crippen LogP contribution is -2.16. The fourth-order valence-corrected chi connectivity index (χ4v) is 1.76. The number of rotatable bonds is 4. The summed E-state index contributed by atoms with van der Waals surface area (Å²) in [5, 5.41) is 12.7. The number of nitrogens with zero attached hydrogens (tertiary/aromatic N) is 3. The molecule has 0 aliphatic carbocycles. The summed E-state index contributed by atoms with van der Waals surface area (Å²) < 4.78 is 1.85. The highest BCUT2D eigenvalue weighted by atomic mass is 32.1. The summed E-state index contributed by atoms with van der Waals surface area (Å²) in [5.74, 6) is 0.868. The van der Waals surface area contributed by atoms with Crippen LogP contribution in [0.5, 0.6) is 0 Å². The predicted molar refractivity (Wildman–Crippen MR) is 56.5 cm³/mol. The van der Waals surface area contributed by atoms with Gasteiger partial charge < -0.3 is 14.9 Å². The summed E-state index contributed by atoms with van der Waals surface area (Å²) in [6.07, 6.45) is 1.66. The largest absolute Gasteiger partial charge is 0.320 e. The van der Waals surface area contributed by atoms with Crippen molar-refractivity contribution >= 4 is 11.3 Å². The molecule has 2 N–H and O–H groups in total. The molecule has 0 atom stereocenters. The minimum atomic E-state index is -0.0227. The average Bonchev–Trinajstić information content (AvgIpc) is 2.77. The van der Waals surface area contributed by atoms with Gasteiger partial charge in [-0.05, 0) is 0 Å². The number of H-pyrrole nitrogens is 1. The fraction of sp³-hybridized carbons (Fsp3) is 0.375. The van der Waals surface area contributed by atoms with E-state index in [1.54, 1.807) is 6.33 Å². The Morgan fingerprint density at radius 3 is 3.07 bits per heavy atom. The van der Waals surface area contributed by atoms with E-state index >= 15 is 0 Å². The maximum atomic E-state index is 10.8. The van der Waals surface area contributed by atoms with Gasteiger partial charge in [-0.15, -0.1) is 10.2 Å². The number of nitrogens with one attached hydrogen (secondary N) is 2. The molecule has 7 heteroatoms. The van der Waals surface area contributed by atoms with Gasteiger partial charge in [0.15, 0.2) is 0 Å². The van der Waals surface area contributed by atoms with E-state index in [1.807, 2.05) is 17.0 Å². The van der Waals surface area contributed by atoms with E-state index in [4.69, 9.17) is 0 Å². The van der Waals surface area contributed by atoms with Gasteiger partial charge in [0, 0.05) is 24.7 Å². The highest BCUT2D eigenvalue weighted by Gasteiger charge is 2.00. The van der Waals surface area contributed by atoms with Crippen molar-refractivity contribution in [3.05, 3.63) is 32.9 Å². The van der Waals surface area contributed by atoms with Crippen LogP contribution in [0.3, 0.4) is 0 Å². The second-order valence-electron chi connectivity index (χ2n) is 3.14. The third-order valence-electron chi connectivity index (χ3n) is 1.97. The third kappa shape index (κ3) is 2.51. The van der Waals surface area contributed by atoms with Crippen LogP contribution in [0, 0.1) is 0 Å². The molecule has 2 rings (SSSR count). The van der Waals surface area contributed by atoms with Crippen LogP contribution in [0.1, 0.15) is 11.5 Å². The molecular formula is C8H11N5OS. The Hall–Kier alpha value is -1.47. The topological polar surface area (TPSA) is 75.6 Å². The van der Waals surface area contributed by atoms with Gasteiger partial charge in [0.2, 0.25) is 0 Å². The number of aryl methyl sites for hydroxylation is 1. The average molecular weight is 225 g/mol. The first-order valence-electron chi connectivity index (χ1n) is 4.46.